The number of amides is 1. The molecule has 0 unspecified atom stereocenters. The zero-order valence-corrected chi connectivity index (χ0v) is 16.9. The Morgan fingerprint density at radius 1 is 1.23 bits per heavy atom. The van der Waals surface area contributed by atoms with Gasteiger partial charge in [0.15, 0.2) is 0 Å². The quantitative estimate of drug-likeness (QED) is 0.746. The number of carbonyl (C=O) groups is 2. The predicted molar refractivity (Wildman–Crippen MR) is 105 cm³/mol. The van der Waals surface area contributed by atoms with E-state index < -0.39 is 0 Å². The summed E-state index contributed by atoms with van der Waals surface area (Å²) in [5.74, 6) is 2.06. The molecule has 1 amide bonds. The lowest BCUT2D eigenvalue weighted by molar-refractivity contribution is -0.124. The Labute approximate surface area is 157 Å². The Bertz CT molecular complexity index is 610. The molecule has 1 atom stereocenters. The van der Waals surface area contributed by atoms with Crippen LogP contribution in [0.1, 0.15) is 57.3 Å². The monoisotopic (exact) mass is 359 g/mol. The second kappa shape index (κ2) is 9.15. The smallest absolute Gasteiger partial charge is 0.255 e. The fourth-order valence-corrected chi connectivity index (χ4v) is 3.56. The molecule has 5 heteroatoms. The van der Waals surface area contributed by atoms with E-state index in [2.05, 4.69) is 37.6 Å². The molecule has 0 bridgehead atoms. The summed E-state index contributed by atoms with van der Waals surface area (Å²) in [6.07, 6.45) is 4.05. The van der Waals surface area contributed by atoms with Gasteiger partial charge >= 0.3 is 0 Å². The van der Waals surface area contributed by atoms with Crippen LogP contribution < -0.4 is 4.90 Å². The van der Waals surface area contributed by atoms with Gasteiger partial charge in [0.05, 0.1) is 5.56 Å². The van der Waals surface area contributed by atoms with Crippen LogP contribution in [-0.2, 0) is 4.79 Å². The Morgan fingerprint density at radius 2 is 1.96 bits per heavy atom. The number of ketones is 1. The van der Waals surface area contributed by atoms with E-state index in [-0.39, 0.29) is 11.8 Å². The van der Waals surface area contributed by atoms with Crippen LogP contribution >= 0.6 is 0 Å². The fourth-order valence-electron chi connectivity index (χ4n) is 3.56. The van der Waals surface area contributed by atoms with E-state index in [1.165, 1.54) is 0 Å². The van der Waals surface area contributed by atoms with Gasteiger partial charge in [-0.1, -0.05) is 27.7 Å². The molecule has 1 saturated heterocycles. The van der Waals surface area contributed by atoms with Gasteiger partial charge in [-0.05, 0) is 36.8 Å². The first-order valence-electron chi connectivity index (χ1n) is 9.77. The maximum atomic E-state index is 12.8. The van der Waals surface area contributed by atoms with Crippen molar-refractivity contribution in [3.8, 4) is 0 Å². The van der Waals surface area contributed by atoms with Crippen LogP contribution in [0, 0.1) is 17.8 Å². The number of hydrogen-bond acceptors (Lipinski definition) is 4. The van der Waals surface area contributed by atoms with Crippen molar-refractivity contribution in [2.45, 2.75) is 47.0 Å². The third-order valence-corrected chi connectivity index (χ3v) is 4.80. The molecule has 1 fully saturated rings. The molecule has 1 aliphatic heterocycles. The highest BCUT2D eigenvalue weighted by Gasteiger charge is 2.29. The van der Waals surface area contributed by atoms with E-state index in [9.17, 15) is 9.59 Å². The molecule has 0 aliphatic carbocycles. The largest absolute Gasteiger partial charge is 0.359 e. The van der Waals surface area contributed by atoms with Crippen LogP contribution in [0.5, 0.6) is 0 Å². The average molecular weight is 360 g/mol. The summed E-state index contributed by atoms with van der Waals surface area (Å²) in [6, 6.07) is 3.75. The van der Waals surface area contributed by atoms with Crippen molar-refractivity contribution in [1.29, 1.82) is 0 Å². The van der Waals surface area contributed by atoms with Gasteiger partial charge in [0.25, 0.3) is 5.91 Å². The number of piperidine rings is 1. The predicted octanol–water partition coefficient (Wildman–Crippen LogP) is 3.64. The van der Waals surface area contributed by atoms with E-state index >= 15 is 0 Å². The molecule has 0 N–H and O–H groups in total. The van der Waals surface area contributed by atoms with Crippen LogP contribution in [0.4, 0.5) is 5.82 Å². The highest BCUT2D eigenvalue weighted by molar-refractivity contribution is 5.94. The summed E-state index contributed by atoms with van der Waals surface area (Å²) < 4.78 is 0. The van der Waals surface area contributed by atoms with E-state index in [4.69, 9.17) is 0 Å². The Kier molecular flexibility index (Phi) is 7.18. The van der Waals surface area contributed by atoms with Gasteiger partial charge in [-0.3, -0.25) is 9.59 Å². The second-order valence-electron chi connectivity index (χ2n) is 8.33. The third-order valence-electron chi connectivity index (χ3n) is 4.80. The summed E-state index contributed by atoms with van der Waals surface area (Å²) >= 11 is 0. The molecule has 0 radical (unpaired) electrons. The van der Waals surface area contributed by atoms with Crippen molar-refractivity contribution in [1.82, 2.24) is 9.88 Å². The number of carbonyl (C=O) groups excluding carboxylic acids is 2. The first-order valence-corrected chi connectivity index (χ1v) is 9.77. The molecule has 0 saturated carbocycles. The second-order valence-corrected chi connectivity index (χ2v) is 8.33. The van der Waals surface area contributed by atoms with Crippen molar-refractivity contribution in [3.05, 3.63) is 23.9 Å². The van der Waals surface area contributed by atoms with Gasteiger partial charge in [0.2, 0.25) is 0 Å². The maximum absolute atomic E-state index is 12.8. The van der Waals surface area contributed by atoms with Gasteiger partial charge in [-0.25, -0.2) is 4.98 Å². The molecular weight excluding hydrogens is 326 g/mol. The van der Waals surface area contributed by atoms with Gasteiger partial charge in [-0.15, -0.1) is 0 Å². The molecule has 0 aromatic carbocycles. The number of Topliss-reactive ketones (excluding diaryl/α,β-unsaturated/α-hetero) is 1. The Morgan fingerprint density at radius 3 is 2.54 bits per heavy atom. The van der Waals surface area contributed by atoms with Crippen molar-refractivity contribution in [3.63, 3.8) is 0 Å². The van der Waals surface area contributed by atoms with Gasteiger partial charge in [0.1, 0.15) is 11.6 Å². The van der Waals surface area contributed by atoms with E-state index in [1.807, 2.05) is 24.1 Å². The molecule has 2 heterocycles. The normalized spacial score (nSPS) is 17.7. The molecule has 5 nitrogen and oxygen atoms in total. The lowest BCUT2D eigenvalue weighted by atomic mass is 9.89. The summed E-state index contributed by atoms with van der Waals surface area (Å²) in [5, 5.41) is 0. The molecule has 1 aliphatic rings. The number of anilines is 1. The minimum absolute atomic E-state index is 0.0143. The highest BCUT2D eigenvalue weighted by Crippen LogP contribution is 2.22. The van der Waals surface area contributed by atoms with E-state index in [0.717, 1.165) is 31.7 Å². The number of likely N-dealkylation sites (tertiary alicyclic amines) is 1. The Balaban J connectivity index is 2.00. The summed E-state index contributed by atoms with van der Waals surface area (Å²) in [6.45, 7) is 10.6. The summed E-state index contributed by atoms with van der Waals surface area (Å²) in [5.41, 5.74) is 0.601. The lowest BCUT2D eigenvalue weighted by Crippen LogP contribution is -2.42. The molecular formula is C21H33N3O2. The van der Waals surface area contributed by atoms with Crippen molar-refractivity contribution < 1.29 is 9.59 Å². The number of pyridine rings is 1. The summed E-state index contributed by atoms with van der Waals surface area (Å²) in [4.78, 5) is 33.5. The number of rotatable bonds is 7. The maximum Gasteiger partial charge on any atom is 0.255 e. The van der Waals surface area contributed by atoms with Crippen molar-refractivity contribution >= 4 is 17.5 Å². The number of aromatic nitrogens is 1. The zero-order chi connectivity index (χ0) is 19.3. The van der Waals surface area contributed by atoms with Gasteiger partial charge in [-0.2, -0.15) is 0 Å². The summed E-state index contributed by atoms with van der Waals surface area (Å²) in [7, 11) is 2.01. The molecule has 2 rings (SSSR count). The third kappa shape index (κ3) is 5.55. The van der Waals surface area contributed by atoms with E-state index in [0.29, 0.717) is 36.1 Å². The Hall–Kier alpha value is -1.91. The average Bonchev–Trinajstić information content (AvgIpc) is 2.60. The van der Waals surface area contributed by atoms with Crippen LogP contribution in [0.3, 0.4) is 0 Å². The van der Waals surface area contributed by atoms with Gasteiger partial charge in [0, 0.05) is 45.2 Å². The topological polar surface area (TPSA) is 53.5 Å². The van der Waals surface area contributed by atoms with Crippen molar-refractivity contribution in [2.75, 3.05) is 31.6 Å². The van der Waals surface area contributed by atoms with Crippen LogP contribution in [0.15, 0.2) is 18.3 Å². The fraction of sp³-hybridized carbons (Fsp3) is 0.667. The molecule has 1 aromatic heterocycles. The van der Waals surface area contributed by atoms with Crippen LogP contribution in [-0.4, -0.2) is 48.3 Å². The lowest BCUT2D eigenvalue weighted by Gasteiger charge is -2.32. The molecule has 144 valence electrons. The molecule has 26 heavy (non-hydrogen) atoms. The van der Waals surface area contributed by atoms with E-state index in [1.54, 1.807) is 6.20 Å². The SMILES string of the molecule is CC(C)CC(=O)[C@H]1CCCN(C(=O)c2ccc(N(C)CC(C)C)nc2)C1. The molecule has 1 aromatic rings. The minimum atomic E-state index is -0.0161. The van der Waals surface area contributed by atoms with Crippen LogP contribution in [0.2, 0.25) is 0 Å². The number of nitrogens with zero attached hydrogens (tertiary/aromatic N) is 3. The minimum Gasteiger partial charge on any atom is -0.359 e. The standard InChI is InChI=1S/C21H33N3O2/c1-15(2)11-19(25)18-7-6-10-24(14-18)21(26)17-8-9-20(22-12-17)23(5)13-16(3)4/h8-9,12,15-16,18H,6-7,10-11,13-14H2,1-5H3/t18-/m0/s1. The first-order chi connectivity index (χ1) is 12.3. The van der Waals surface area contributed by atoms with Gasteiger partial charge < -0.3 is 9.80 Å². The van der Waals surface area contributed by atoms with Crippen LogP contribution in [0.25, 0.3) is 0 Å². The van der Waals surface area contributed by atoms with Crippen molar-refractivity contribution in [2.24, 2.45) is 17.8 Å². The molecule has 0 spiro atoms. The highest BCUT2D eigenvalue weighted by atomic mass is 16.2. The number of hydrogen-bond donors (Lipinski definition) is 0. The first kappa shape index (κ1) is 20.4. The zero-order valence-electron chi connectivity index (χ0n) is 16.9.